The molecule has 0 bridgehead atoms. The molecule has 3 heterocycles. The summed E-state index contributed by atoms with van der Waals surface area (Å²) in [5, 5.41) is 0. The van der Waals surface area contributed by atoms with Gasteiger partial charge in [0.15, 0.2) is 0 Å². The predicted octanol–water partition coefficient (Wildman–Crippen LogP) is 3.14. The molecule has 2 aliphatic rings. The van der Waals surface area contributed by atoms with Crippen LogP contribution < -0.4 is 4.90 Å². The second-order valence-electron chi connectivity index (χ2n) is 7.48. The average molecular weight is 402 g/mol. The Morgan fingerprint density at radius 1 is 1.04 bits per heavy atom. The zero-order chi connectivity index (χ0) is 19.6. The number of hydrogen-bond acceptors (Lipinski definition) is 5. The molecule has 0 amide bonds. The van der Waals surface area contributed by atoms with Crippen LogP contribution in [0.3, 0.4) is 0 Å². The maximum Gasteiger partial charge on any atom is 0.244 e. The molecule has 4 rings (SSSR count). The summed E-state index contributed by atoms with van der Waals surface area (Å²) in [6.45, 7) is 5.37. The van der Waals surface area contributed by atoms with Gasteiger partial charge >= 0.3 is 0 Å². The topological polar surface area (TPSA) is 62.7 Å². The summed E-state index contributed by atoms with van der Waals surface area (Å²) in [6.07, 6.45) is 4.45. The first-order valence-electron chi connectivity index (χ1n) is 9.94. The predicted molar refractivity (Wildman–Crippen MR) is 109 cm³/mol. The van der Waals surface area contributed by atoms with Gasteiger partial charge in [-0.25, -0.2) is 13.4 Å². The van der Waals surface area contributed by atoms with Gasteiger partial charge in [0.25, 0.3) is 0 Å². The Hall–Kier alpha value is -1.96. The highest BCUT2D eigenvalue weighted by Crippen LogP contribution is 2.28. The molecule has 0 saturated carbocycles. The quantitative estimate of drug-likeness (QED) is 0.788. The molecule has 1 aromatic carbocycles. The zero-order valence-electron chi connectivity index (χ0n) is 16.3. The first-order chi connectivity index (χ1) is 13.6. The second kappa shape index (κ2) is 8.19. The Morgan fingerprint density at radius 2 is 1.82 bits per heavy atom. The highest BCUT2D eigenvalue weighted by atomic mass is 32.2. The van der Waals surface area contributed by atoms with Crippen LogP contribution in [-0.4, -0.2) is 50.5 Å². The summed E-state index contributed by atoms with van der Waals surface area (Å²) in [4.78, 5) is 6.92. The monoisotopic (exact) mass is 401 g/mol. The molecule has 2 saturated heterocycles. The van der Waals surface area contributed by atoms with Crippen molar-refractivity contribution in [3.63, 3.8) is 0 Å². The number of hydrogen-bond donors (Lipinski definition) is 0. The Balaban J connectivity index is 1.50. The van der Waals surface area contributed by atoms with Crippen LogP contribution >= 0.6 is 0 Å². The largest absolute Gasteiger partial charge is 0.370 e. The fourth-order valence-electron chi connectivity index (χ4n) is 3.96. The number of aromatic nitrogens is 1. The Morgan fingerprint density at radius 3 is 2.54 bits per heavy atom. The van der Waals surface area contributed by atoms with E-state index in [1.807, 2.05) is 18.2 Å². The van der Waals surface area contributed by atoms with E-state index in [0.29, 0.717) is 26.2 Å². The van der Waals surface area contributed by atoms with Gasteiger partial charge in [0.2, 0.25) is 10.0 Å². The number of piperidine rings is 1. The number of anilines is 1. The molecule has 150 valence electrons. The molecule has 2 aliphatic heterocycles. The Labute approximate surface area is 167 Å². The number of aryl methyl sites for hydroxylation is 1. The molecule has 0 aliphatic carbocycles. The number of nitrogens with zero attached hydrogens (tertiary/aromatic N) is 3. The molecule has 2 fully saturated rings. The van der Waals surface area contributed by atoms with Gasteiger partial charge in [0.05, 0.1) is 6.61 Å². The van der Waals surface area contributed by atoms with E-state index in [-0.39, 0.29) is 11.0 Å². The van der Waals surface area contributed by atoms with Crippen molar-refractivity contribution < 1.29 is 13.2 Å². The van der Waals surface area contributed by atoms with Crippen molar-refractivity contribution in [1.29, 1.82) is 0 Å². The lowest BCUT2D eigenvalue weighted by Gasteiger charge is -2.34. The van der Waals surface area contributed by atoms with Gasteiger partial charge in [-0.1, -0.05) is 30.7 Å². The minimum Gasteiger partial charge on any atom is -0.370 e. The number of ether oxygens (including phenoxy) is 1. The lowest BCUT2D eigenvalue weighted by atomic mass is 10.0. The summed E-state index contributed by atoms with van der Waals surface area (Å²) < 4.78 is 33.2. The Bertz CT molecular complexity index is 909. The minimum absolute atomic E-state index is 0.00601. The van der Waals surface area contributed by atoms with Crippen LogP contribution in [0.15, 0.2) is 47.5 Å². The fourth-order valence-corrected chi connectivity index (χ4v) is 5.42. The molecular weight excluding hydrogens is 374 g/mol. The van der Waals surface area contributed by atoms with E-state index in [9.17, 15) is 8.42 Å². The van der Waals surface area contributed by atoms with Crippen LogP contribution in [-0.2, 0) is 14.8 Å². The lowest BCUT2D eigenvalue weighted by Crippen LogP contribution is -2.39. The first-order valence-corrected chi connectivity index (χ1v) is 11.4. The van der Waals surface area contributed by atoms with Gasteiger partial charge < -0.3 is 9.64 Å². The maximum absolute atomic E-state index is 12.8. The van der Waals surface area contributed by atoms with Gasteiger partial charge in [-0.2, -0.15) is 4.31 Å². The van der Waals surface area contributed by atoms with E-state index in [2.05, 4.69) is 28.9 Å². The number of pyridine rings is 1. The second-order valence-corrected chi connectivity index (χ2v) is 9.42. The molecule has 0 N–H and O–H groups in total. The highest BCUT2D eigenvalue weighted by Gasteiger charge is 2.27. The number of benzene rings is 1. The highest BCUT2D eigenvalue weighted by molar-refractivity contribution is 7.89. The summed E-state index contributed by atoms with van der Waals surface area (Å²) in [5.74, 6) is 0.791. The van der Waals surface area contributed by atoms with Crippen molar-refractivity contribution in [1.82, 2.24) is 9.29 Å². The standard InChI is InChI=1S/C21H27N3O3S/c1-17-7-3-4-8-19(17)20-16-23(13-14-27-20)21-10-9-18(15-22-21)28(25,26)24-11-5-2-6-12-24/h3-4,7-10,15,20H,2,5-6,11-14,16H2,1H3. The third kappa shape index (κ3) is 3.92. The smallest absolute Gasteiger partial charge is 0.244 e. The number of rotatable bonds is 4. The van der Waals surface area contributed by atoms with Gasteiger partial charge in [0.1, 0.15) is 16.8 Å². The average Bonchev–Trinajstić information content (AvgIpc) is 2.75. The molecular formula is C21H27N3O3S. The van der Waals surface area contributed by atoms with E-state index in [4.69, 9.17) is 4.74 Å². The van der Waals surface area contributed by atoms with Crippen LogP contribution in [0.2, 0.25) is 0 Å². The summed E-state index contributed by atoms with van der Waals surface area (Å²) in [5.41, 5.74) is 2.40. The summed E-state index contributed by atoms with van der Waals surface area (Å²) in [7, 11) is -3.44. The van der Waals surface area contributed by atoms with E-state index >= 15 is 0 Å². The van der Waals surface area contributed by atoms with Gasteiger partial charge in [0, 0.05) is 32.4 Å². The molecule has 28 heavy (non-hydrogen) atoms. The van der Waals surface area contributed by atoms with Crippen LogP contribution in [0.1, 0.15) is 36.5 Å². The van der Waals surface area contributed by atoms with E-state index in [0.717, 1.165) is 31.6 Å². The molecule has 1 unspecified atom stereocenters. The molecule has 1 aromatic heterocycles. The molecule has 7 heteroatoms. The normalized spacial score (nSPS) is 21.6. The third-order valence-electron chi connectivity index (χ3n) is 5.60. The van der Waals surface area contributed by atoms with Crippen LogP contribution in [0.25, 0.3) is 0 Å². The molecule has 2 aromatic rings. The van der Waals surface area contributed by atoms with Crippen molar-refractivity contribution in [3.05, 3.63) is 53.7 Å². The maximum atomic E-state index is 12.8. The van der Waals surface area contributed by atoms with Crippen molar-refractivity contribution in [2.24, 2.45) is 0 Å². The molecule has 1 atom stereocenters. The molecule has 0 radical (unpaired) electrons. The Kier molecular flexibility index (Phi) is 5.66. The minimum atomic E-state index is -3.44. The number of morpholine rings is 1. The lowest BCUT2D eigenvalue weighted by molar-refractivity contribution is 0.0391. The van der Waals surface area contributed by atoms with Crippen LogP contribution in [0, 0.1) is 6.92 Å². The van der Waals surface area contributed by atoms with Crippen molar-refractivity contribution in [2.75, 3.05) is 37.7 Å². The first kappa shape index (κ1) is 19.4. The van der Waals surface area contributed by atoms with Gasteiger partial charge in [-0.15, -0.1) is 0 Å². The summed E-state index contributed by atoms with van der Waals surface area (Å²) >= 11 is 0. The van der Waals surface area contributed by atoms with Crippen molar-refractivity contribution in [2.45, 2.75) is 37.2 Å². The van der Waals surface area contributed by atoms with E-state index in [1.165, 1.54) is 17.3 Å². The zero-order valence-corrected chi connectivity index (χ0v) is 17.1. The molecule has 0 spiro atoms. The summed E-state index contributed by atoms with van der Waals surface area (Å²) in [6, 6.07) is 11.8. The fraction of sp³-hybridized carbons (Fsp3) is 0.476. The SMILES string of the molecule is Cc1ccccc1C1CN(c2ccc(S(=O)(=O)N3CCCCC3)cn2)CCO1. The molecule has 6 nitrogen and oxygen atoms in total. The van der Waals surface area contributed by atoms with Crippen LogP contribution in [0.4, 0.5) is 5.82 Å². The van der Waals surface area contributed by atoms with Gasteiger partial charge in [-0.3, -0.25) is 0 Å². The van der Waals surface area contributed by atoms with Gasteiger partial charge in [-0.05, 0) is 43.0 Å². The number of sulfonamides is 1. The third-order valence-corrected chi connectivity index (χ3v) is 7.48. The van der Waals surface area contributed by atoms with E-state index < -0.39 is 10.0 Å². The van der Waals surface area contributed by atoms with Crippen LogP contribution in [0.5, 0.6) is 0 Å². The van der Waals surface area contributed by atoms with E-state index in [1.54, 1.807) is 10.4 Å². The van der Waals surface area contributed by atoms with Crippen molar-refractivity contribution in [3.8, 4) is 0 Å². The van der Waals surface area contributed by atoms with Crippen molar-refractivity contribution >= 4 is 15.8 Å².